The van der Waals surface area contributed by atoms with Crippen molar-refractivity contribution in [1.29, 1.82) is 0 Å². The second-order valence-electron chi connectivity index (χ2n) is 5.26. The molecule has 2 N–H and O–H groups in total. The van der Waals surface area contributed by atoms with Crippen LogP contribution in [0, 0.1) is 6.92 Å². The molecule has 1 aliphatic heterocycles. The molecule has 3 rings (SSSR count). The van der Waals surface area contributed by atoms with Gasteiger partial charge in [-0.3, -0.25) is 4.90 Å². The van der Waals surface area contributed by atoms with Crippen LogP contribution in [0.5, 0.6) is 5.75 Å². The Morgan fingerprint density at radius 1 is 1.44 bits per heavy atom. The molecule has 1 aromatic heterocycles. The molecule has 2 heterocycles. The highest BCUT2D eigenvalue weighted by Gasteiger charge is 2.26. The monoisotopic (exact) mass is 463 g/mol. The minimum atomic E-state index is -2.75. The highest BCUT2D eigenvalue weighted by atomic mass is 79.9. The molecule has 2 aromatic rings. The number of halogens is 3. The van der Waals surface area contributed by atoms with E-state index in [4.69, 9.17) is 5.11 Å². The molecule has 0 aliphatic carbocycles. The summed E-state index contributed by atoms with van der Waals surface area (Å²) in [5.41, 5.74) is 1.47. The summed E-state index contributed by atoms with van der Waals surface area (Å²) < 4.78 is 27.5. The van der Waals surface area contributed by atoms with Crippen molar-refractivity contribution in [2.75, 3.05) is 18.0 Å². The summed E-state index contributed by atoms with van der Waals surface area (Å²) in [6.45, 7) is -0.0258. The van der Waals surface area contributed by atoms with Gasteiger partial charge in [-0.25, -0.2) is 14.6 Å². The van der Waals surface area contributed by atoms with Crippen LogP contribution in [-0.4, -0.2) is 41.8 Å². The molecule has 2 amide bonds. The van der Waals surface area contributed by atoms with E-state index in [0.717, 1.165) is 16.9 Å². The average Bonchev–Trinajstić information content (AvgIpc) is 3.21. The van der Waals surface area contributed by atoms with Crippen LogP contribution < -0.4 is 15.0 Å². The van der Waals surface area contributed by atoms with Crippen molar-refractivity contribution < 1.29 is 28.2 Å². The van der Waals surface area contributed by atoms with Gasteiger partial charge >= 0.3 is 18.6 Å². The fraction of sp³-hybridized carbons (Fsp3) is 0.312. The number of carbonyl (C=O) groups excluding carboxylic acids is 1. The molecule has 1 saturated heterocycles. The third-order valence-electron chi connectivity index (χ3n) is 3.37. The van der Waals surface area contributed by atoms with Crippen LogP contribution in [0.25, 0.3) is 0 Å². The van der Waals surface area contributed by atoms with Crippen molar-refractivity contribution in [1.82, 2.24) is 10.3 Å². The van der Waals surface area contributed by atoms with E-state index < -0.39 is 12.6 Å². The summed E-state index contributed by atoms with van der Waals surface area (Å²) in [5, 5.41) is 12.6. The van der Waals surface area contributed by atoms with E-state index in [-0.39, 0.29) is 16.7 Å². The lowest BCUT2D eigenvalue weighted by Gasteiger charge is -2.08. The maximum Gasteiger partial charge on any atom is 0.387 e. The predicted molar refractivity (Wildman–Crippen MR) is 100 cm³/mol. The maximum atomic E-state index is 11.7. The molecular formula is C16H16BrF2N3O4S. The van der Waals surface area contributed by atoms with Crippen LogP contribution in [0.3, 0.4) is 0 Å². The van der Waals surface area contributed by atoms with Gasteiger partial charge in [-0.05, 0) is 24.6 Å². The van der Waals surface area contributed by atoms with Gasteiger partial charge in [-0.1, -0.05) is 39.4 Å². The quantitative estimate of drug-likeness (QED) is 0.656. The number of nitrogens with zero attached hydrogens (tertiary/aromatic N) is 2. The number of rotatable bonds is 5. The number of carboxylic acid groups (broad SMARTS) is 1. The van der Waals surface area contributed by atoms with Gasteiger partial charge in [0.2, 0.25) is 0 Å². The fourth-order valence-electron chi connectivity index (χ4n) is 2.11. The van der Waals surface area contributed by atoms with Crippen molar-refractivity contribution in [3.63, 3.8) is 0 Å². The number of benzene rings is 1. The lowest BCUT2D eigenvalue weighted by Crippen LogP contribution is -2.27. The Morgan fingerprint density at radius 2 is 2.11 bits per heavy atom. The number of thiazole rings is 1. The van der Waals surface area contributed by atoms with E-state index in [1.54, 1.807) is 19.1 Å². The van der Waals surface area contributed by atoms with Gasteiger partial charge in [0.15, 0.2) is 5.13 Å². The van der Waals surface area contributed by atoms with Crippen LogP contribution in [-0.2, 0) is 5.33 Å². The summed E-state index contributed by atoms with van der Waals surface area (Å²) in [5.74, 6) is -0.814. The van der Waals surface area contributed by atoms with E-state index in [0.29, 0.717) is 29.2 Å². The first-order chi connectivity index (χ1) is 12.8. The van der Waals surface area contributed by atoms with Crippen molar-refractivity contribution in [2.24, 2.45) is 0 Å². The predicted octanol–water partition coefficient (Wildman–Crippen LogP) is 3.86. The van der Waals surface area contributed by atoms with E-state index in [1.165, 1.54) is 17.0 Å². The Balaban J connectivity index is 0.000000199. The summed E-state index contributed by atoms with van der Waals surface area (Å²) in [6.07, 6.45) is 0. The number of aryl methyl sites for hydroxylation is 1. The second-order valence-corrected chi connectivity index (χ2v) is 6.79. The number of carboxylic acids is 1. The van der Waals surface area contributed by atoms with Gasteiger partial charge in [-0.2, -0.15) is 8.78 Å². The molecule has 0 bridgehead atoms. The molecule has 1 fully saturated rings. The number of nitrogens with one attached hydrogen (secondary N) is 1. The Labute approximate surface area is 166 Å². The number of anilines is 1. The maximum absolute atomic E-state index is 11.7. The Bertz CT molecular complexity index is 801. The largest absolute Gasteiger partial charge is 0.477 e. The van der Waals surface area contributed by atoms with E-state index in [2.05, 4.69) is 31.0 Å². The normalized spacial score (nSPS) is 13.2. The fourth-order valence-corrected chi connectivity index (χ4v) is 3.41. The smallest absolute Gasteiger partial charge is 0.387 e. The number of aromatic carboxylic acids is 1. The van der Waals surface area contributed by atoms with Gasteiger partial charge in [-0.15, -0.1) is 0 Å². The van der Waals surface area contributed by atoms with Crippen molar-refractivity contribution in [3.8, 4) is 5.75 Å². The second kappa shape index (κ2) is 9.60. The zero-order valence-electron chi connectivity index (χ0n) is 14.1. The number of alkyl halides is 3. The van der Waals surface area contributed by atoms with Crippen LogP contribution in [0.15, 0.2) is 24.3 Å². The Hall–Kier alpha value is -2.27. The molecule has 0 unspecified atom stereocenters. The van der Waals surface area contributed by atoms with E-state index >= 15 is 0 Å². The Kier molecular flexibility index (Phi) is 7.48. The number of carbonyl (C=O) groups is 2. The molecule has 11 heteroatoms. The van der Waals surface area contributed by atoms with E-state index in [9.17, 15) is 18.4 Å². The highest BCUT2D eigenvalue weighted by Crippen LogP contribution is 2.26. The molecule has 0 saturated carbocycles. The minimum absolute atomic E-state index is 0.185. The van der Waals surface area contributed by atoms with E-state index in [1.807, 2.05) is 0 Å². The topological polar surface area (TPSA) is 91.8 Å². The van der Waals surface area contributed by atoms with Gasteiger partial charge in [0, 0.05) is 18.4 Å². The van der Waals surface area contributed by atoms with Gasteiger partial charge in [0.1, 0.15) is 10.6 Å². The third kappa shape index (κ3) is 5.86. The SMILES string of the molecule is Cc1nc(N2CCNC2=O)sc1C(=O)O.FC(F)Oc1ccc(CBr)cc1. The molecule has 1 aromatic carbocycles. The lowest BCUT2D eigenvalue weighted by molar-refractivity contribution is -0.0498. The van der Waals surface area contributed by atoms with Crippen LogP contribution >= 0.6 is 27.3 Å². The van der Waals surface area contributed by atoms with Crippen molar-refractivity contribution >= 4 is 44.4 Å². The number of amides is 2. The number of hydrogen-bond acceptors (Lipinski definition) is 5. The third-order valence-corrected chi connectivity index (χ3v) is 5.19. The zero-order valence-corrected chi connectivity index (χ0v) is 16.5. The van der Waals surface area contributed by atoms with Crippen LogP contribution in [0.1, 0.15) is 20.9 Å². The van der Waals surface area contributed by atoms with Gasteiger partial charge in [0.05, 0.1) is 5.69 Å². The number of aromatic nitrogens is 1. The first-order valence-corrected chi connectivity index (χ1v) is 9.61. The first kappa shape index (κ1) is 21.0. The summed E-state index contributed by atoms with van der Waals surface area (Å²) in [4.78, 5) is 27.8. The average molecular weight is 464 g/mol. The lowest BCUT2D eigenvalue weighted by atomic mass is 10.2. The molecule has 7 nitrogen and oxygen atoms in total. The number of ether oxygens (including phenoxy) is 1. The molecule has 146 valence electrons. The van der Waals surface area contributed by atoms with Gasteiger partial charge in [0.25, 0.3) is 0 Å². The zero-order chi connectivity index (χ0) is 20.0. The molecule has 27 heavy (non-hydrogen) atoms. The minimum Gasteiger partial charge on any atom is -0.477 e. The Morgan fingerprint density at radius 3 is 2.56 bits per heavy atom. The first-order valence-electron chi connectivity index (χ1n) is 7.67. The summed E-state index contributed by atoms with van der Waals surface area (Å²) in [6, 6.07) is 6.27. The molecule has 0 atom stereocenters. The standard InChI is InChI=1S/C8H7BrF2O.C8H9N3O3S/c9-5-6-1-3-7(4-2-6)12-8(10)11;1-4-5(6(12)13)15-8(10-4)11-3-2-9-7(11)14/h1-4,8H,5H2;2-3H2,1H3,(H,9,14)(H,12,13). The van der Waals surface area contributed by atoms with Crippen molar-refractivity contribution in [3.05, 3.63) is 40.4 Å². The van der Waals surface area contributed by atoms with Gasteiger partial charge < -0.3 is 15.2 Å². The summed E-state index contributed by atoms with van der Waals surface area (Å²) >= 11 is 4.27. The van der Waals surface area contributed by atoms with Crippen LogP contribution in [0.4, 0.5) is 18.7 Å². The number of urea groups is 1. The molecule has 0 radical (unpaired) electrons. The van der Waals surface area contributed by atoms with Crippen molar-refractivity contribution in [2.45, 2.75) is 18.9 Å². The molecular weight excluding hydrogens is 448 g/mol. The molecule has 0 spiro atoms. The van der Waals surface area contributed by atoms with Crippen LogP contribution in [0.2, 0.25) is 0 Å². The summed E-state index contributed by atoms with van der Waals surface area (Å²) in [7, 11) is 0. The number of hydrogen-bond donors (Lipinski definition) is 2. The molecule has 1 aliphatic rings. The highest BCUT2D eigenvalue weighted by molar-refractivity contribution is 9.08.